The predicted octanol–water partition coefficient (Wildman–Crippen LogP) is 3.72. The molecule has 0 unspecified atom stereocenters. The summed E-state index contributed by atoms with van der Waals surface area (Å²) < 4.78 is 24.1. The van der Waals surface area contributed by atoms with Gasteiger partial charge in [-0.05, 0) is 49.7 Å². The maximum Gasteiger partial charge on any atom is 0.223 e. The Hall–Kier alpha value is -2.80. The maximum atomic E-state index is 13.2. The third-order valence-corrected chi connectivity index (χ3v) is 6.60. The van der Waals surface area contributed by atoms with Gasteiger partial charge >= 0.3 is 0 Å². The summed E-state index contributed by atoms with van der Waals surface area (Å²) in [6.45, 7) is 4.68. The molecule has 2 fully saturated rings. The normalized spacial score (nSPS) is 19.3. The lowest BCUT2D eigenvalue weighted by atomic mass is 10.0. The number of benzene rings is 2. The quantitative estimate of drug-likeness (QED) is 0.655. The SMILES string of the molecule is COc1ccc([C@@H]2CCCN2CCC(=O)N2CCN(c3ccc(F)cc3)CC2)c(OC)c1. The van der Waals surface area contributed by atoms with E-state index in [1.807, 2.05) is 17.0 Å². The third kappa shape index (κ3) is 4.99. The molecule has 0 bridgehead atoms. The lowest BCUT2D eigenvalue weighted by Gasteiger charge is -2.36. The van der Waals surface area contributed by atoms with Gasteiger partial charge < -0.3 is 19.3 Å². The van der Waals surface area contributed by atoms with E-state index < -0.39 is 0 Å². The Morgan fingerprint density at radius 3 is 2.44 bits per heavy atom. The second-order valence-electron chi connectivity index (χ2n) is 8.40. The molecule has 2 heterocycles. The van der Waals surface area contributed by atoms with Gasteiger partial charge in [-0.2, -0.15) is 0 Å². The van der Waals surface area contributed by atoms with E-state index in [1.54, 1.807) is 26.4 Å². The molecule has 0 aliphatic carbocycles. The van der Waals surface area contributed by atoms with E-state index in [0.717, 1.165) is 61.8 Å². The zero-order chi connectivity index (χ0) is 22.5. The number of anilines is 1. The lowest BCUT2D eigenvalue weighted by molar-refractivity contribution is -0.131. The van der Waals surface area contributed by atoms with Gasteiger partial charge in [-0.15, -0.1) is 0 Å². The number of hydrogen-bond donors (Lipinski definition) is 0. The molecular formula is C25H32FN3O3. The monoisotopic (exact) mass is 441 g/mol. The highest BCUT2D eigenvalue weighted by Gasteiger charge is 2.29. The van der Waals surface area contributed by atoms with Crippen molar-refractivity contribution in [2.75, 3.05) is 58.4 Å². The third-order valence-electron chi connectivity index (χ3n) is 6.60. The standard InChI is InChI=1S/C25H32FN3O3/c1-31-21-9-10-22(24(18-21)32-2)23-4-3-12-28(23)13-11-25(30)29-16-14-27(15-17-29)20-7-5-19(26)6-8-20/h5-10,18,23H,3-4,11-17H2,1-2H3/t23-/m0/s1. The Balaban J connectivity index is 1.30. The van der Waals surface area contributed by atoms with Crippen molar-refractivity contribution in [3.63, 3.8) is 0 Å². The van der Waals surface area contributed by atoms with Crippen LogP contribution >= 0.6 is 0 Å². The highest BCUT2D eigenvalue weighted by atomic mass is 19.1. The van der Waals surface area contributed by atoms with Crippen LogP contribution in [0.4, 0.5) is 10.1 Å². The average molecular weight is 442 g/mol. The Bertz CT molecular complexity index is 913. The minimum absolute atomic E-state index is 0.205. The van der Waals surface area contributed by atoms with Gasteiger partial charge in [0.15, 0.2) is 0 Å². The number of halogens is 1. The van der Waals surface area contributed by atoms with Crippen LogP contribution in [0.3, 0.4) is 0 Å². The summed E-state index contributed by atoms with van der Waals surface area (Å²) in [6.07, 6.45) is 2.70. The summed E-state index contributed by atoms with van der Waals surface area (Å²) in [5.74, 6) is 1.60. The maximum absolute atomic E-state index is 13.2. The van der Waals surface area contributed by atoms with Crippen LogP contribution in [0, 0.1) is 5.82 Å². The van der Waals surface area contributed by atoms with Gasteiger partial charge in [0.25, 0.3) is 0 Å². The molecule has 2 aromatic carbocycles. The van der Waals surface area contributed by atoms with Crippen molar-refractivity contribution in [3.05, 3.63) is 53.8 Å². The lowest BCUT2D eigenvalue weighted by Crippen LogP contribution is -2.49. The molecule has 2 aromatic rings. The van der Waals surface area contributed by atoms with E-state index in [4.69, 9.17) is 9.47 Å². The van der Waals surface area contributed by atoms with Crippen LogP contribution in [-0.2, 0) is 4.79 Å². The van der Waals surface area contributed by atoms with Gasteiger partial charge in [0.2, 0.25) is 5.91 Å². The topological polar surface area (TPSA) is 45.2 Å². The minimum Gasteiger partial charge on any atom is -0.497 e. The Morgan fingerprint density at radius 2 is 1.75 bits per heavy atom. The Morgan fingerprint density at radius 1 is 1.00 bits per heavy atom. The molecule has 1 amide bonds. The number of carbonyl (C=O) groups excluding carboxylic acids is 1. The van der Waals surface area contributed by atoms with Crippen LogP contribution in [0.5, 0.6) is 11.5 Å². The van der Waals surface area contributed by atoms with Crippen molar-refractivity contribution in [2.45, 2.75) is 25.3 Å². The molecule has 6 nitrogen and oxygen atoms in total. The second-order valence-corrected chi connectivity index (χ2v) is 8.40. The van der Waals surface area contributed by atoms with Gasteiger partial charge in [0.1, 0.15) is 17.3 Å². The van der Waals surface area contributed by atoms with Gasteiger partial charge in [0.05, 0.1) is 14.2 Å². The molecule has 1 atom stereocenters. The summed E-state index contributed by atoms with van der Waals surface area (Å²) in [5.41, 5.74) is 2.16. The molecule has 0 spiro atoms. The zero-order valence-corrected chi connectivity index (χ0v) is 18.9. The summed E-state index contributed by atoms with van der Waals surface area (Å²) >= 11 is 0. The first-order chi connectivity index (χ1) is 15.6. The van der Waals surface area contributed by atoms with E-state index in [0.29, 0.717) is 19.5 Å². The molecule has 2 aliphatic heterocycles. The first kappa shape index (κ1) is 22.4. The molecule has 0 aromatic heterocycles. The Labute approximate surface area is 189 Å². The molecular weight excluding hydrogens is 409 g/mol. The molecule has 4 rings (SSSR count). The predicted molar refractivity (Wildman–Crippen MR) is 123 cm³/mol. The first-order valence-electron chi connectivity index (χ1n) is 11.3. The van der Waals surface area contributed by atoms with Crippen LogP contribution in [0.15, 0.2) is 42.5 Å². The second kappa shape index (κ2) is 10.2. The number of amides is 1. The largest absolute Gasteiger partial charge is 0.497 e. The van der Waals surface area contributed by atoms with E-state index >= 15 is 0 Å². The molecule has 32 heavy (non-hydrogen) atoms. The fraction of sp³-hybridized carbons (Fsp3) is 0.480. The number of hydrogen-bond acceptors (Lipinski definition) is 5. The molecule has 2 aliphatic rings. The van der Waals surface area contributed by atoms with Crippen molar-refractivity contribution in [3.8, 4) is 11.5 Å². The van der Waals surface area contributed by atoms with Gasteiger partial charge in [0, 0.05) is 62.5 Å². The molecule has 0 radical (unpaired) electrons. The van der Waals surface area contributed by atoms with E-state index in [2.05, 4.69) is 15.9 Å². The van der Waals surface area contributed by atoms with Crippen molar-refractivity contribution < 1.29 is 18.7 Å². The number of methoxy groups -OCH3 is 2. The van der Waals surface area contributed by atoms with Crippen LogP contribution in [-0.4, -0.2) is 69.2 Å². The number of nitrogens with zero attached hydrogens (tertiary/aromatic N) is 3. The molecule has 7 heteroatoms. The molecule has 2 saturated heterocycles. The average Bonchev–Trinajstić information content (AvgIpc) is 3.31. The fourth-order valence-electron chi connectivity index (χ4n) is 4.80. The van der Waals surface area contributed by atoms with Crippen LogP contribution in [0.2, 0.25) is 0 Å². The molecule has 172 valence electrons. The summed E-state index contributed by atoms with van der Waals surface area (Å²) in [7, 11) is 3.34. The van der Waals surface area contributed by atoms with Crippen molar-refractivity contribution in [1.82, 2.24) is 9.80 Å². The highest BCUT2D eigenvalue weighted by molar-refractivity contribution is 5.76. The van der Waals surface area contributed by atoms with Gasteiger partial charge in [-0.3, -0.25) is 9.69 Å². The van der Waals surface area contributed by atoms with Crippen LogP contribution in [0.1, 0.15) is 30.9 Å². The van der Waals surface area contributed by atoms with E-state index in [9.17, 15) is 9.18 Å². The summed E-state index contributed by atoms with van der Waals surface area (Å²) in [4.78, 5) is 19.4. The smallest absolute Gasteiger partial charge is 0.223 e. The number of piperazine rings is 1. The van der Waals surface area contributed by atoms with Crippen LogP contribution in [0.25, 0.3) is 0 Å². The fourth-order valence-corrected chi connectivity index (χ4v) is 4.80. The van der Waals surface area contributed by atoms with Crippen molar-refractivity contribution >= 4 is 11.6 Å². The number of carbonyl (C=O) groups is 1. The Kier molecular flexibility index (Phi) is 7.15. The van der Waals surface area contributed by atoms with E-state index in [-0.39, 0.29) is 17.8 Å². The number of ether oxygens (including phenoxy) is 2. The number of rotatable bonds is 7. The minimum atomic E-state index is -0.227. The van der Waals surface area contributed by atoms with Crippen molar-refractivity contribution in [1.29, 1.82) is 0 Å². The zero-order valence-electron chi connectivity index (χ0n) is 18.9. The first-order valence-corrected chi connectivity index (χ1v) is 11.3. The van der Waals surface area contributed by atoms with Gasteiger partial charge in [-0.25, -0.2) is 4.39 Å². The van der Waals surface area contributed by atoms with Crippen LogP contribution < -0.4 is 14.4 Å². The molecule has 0 N–H and O–H groups in total. The van der Waals surface area contributed by atoms with Crippen molar-refractivity contribution in [2.24, 2.45) is 0 Å². The number of likely N-dealkylation sites (tertiary alicyclic amines) is 1. The highest BCUT2D eigenvalue weighted by Crippen LogP contribution is 2.38. The van der Waals surface area contributed by atoms with Gasteiger partial charge in [-0.1, -0.05) is 6.07 Å². The molecule has 0 saturated carbocycles. The summed E-state index contributed by atoms with van der Waals surface area (Å²) in [6, 6.07) is 12.8. The van der Waals surface area contributed by atoms with E-state index in [1.165, 1.54) is 12.1 Å². The summed E-state index contributed by atoms with van der Waals surface area (Å²) in [5, 5.41) is 0.